The lowest BCUT2D eigenvalue weighted by Crippen LogP contribution is -2.42. The van der Waals surface area contributed by atoms with Crippen LogP contribution in [-0.2, 0) is 4.79 Å². The zero-order valence-corrected chi connectivity index (χ0v) is 12.3. The monoisotopic (exact) mass is 298 g/mol. The summed E-state index contributed by atoms with van der Waals surface area (Å²) in [4.78, 5) is 27.6. The third kappa shape index (κ3) is 2.86. The molecule has 0 aromatic carbocycles. The smallest absolute Gasteiger partial charge is 0.236 e. The number of rotatable bonds is 2. The average Bonchev–Trinajstić information content (AvgIpc) is 2.96. The Morgan fingerprint density at radius 2 is 2.14 bits per heavy atom. The molecule has 3 heterocycles. The highest BCUT2D eigenvalue weighted by Crippen LogP contribution is 2.23. The van der Waals surface area contributed by atoms with Crippen LogP contribution in [0.15, 0.2) is 18.6 Å². The standard InChI is InChI=1S/C15H18N6O/c16-5-3-13(22)20-7-1-2-8-21(10-9-20)15-12-4-6-17-14(12)18-11-19-15/h4,6,11H,1-3,7-10H2,(H,17,18,19). The highest BCUT2D eigenvalue weighted by molar-refractivity contribution is 5.87. The van der Waals surface area contributed by atoms with Crippen LogP contribution in [0.1, 0.15) is 19.3 Å². The molecule has 1 fully saturated rings. The molecule has 0 radical (unpaired) electrons. The Labute approximate surface area is 128 Å². The molecule has 7 heteroatoms. The first-order valence-electron chi connectivity index (χ1n) is 7.47. The molecule has 0 spiro atoms. The van der Waals surface area contributed by atoms with Crippen molar-refractivity contribution < 1.29 is 4.79 Å². The van der Waals surface area contributed by atoms with Crippen molar-refractivity contribution in [3.63, 3.8) is 0 Å². The largest absolute Gasteiger partial charge is 0.354 e. The van der Waals surface area contributed by atoms with Gasteiger partial charge in [0, 0.05) is 32.4 Å². The number of aromatic amines is 1. The Bertz CT molecular complexity index is 703. The topological polar surface area (TPSA) is 88.9 Å². The van der Waals surface area contributed by atoms with Crippen molar-refractivity contribution in [1.82, 2.24) is 19.9 Å². The van der Waals surface area contributed by atoms with E-state index < -0.39 is 0 Å². The minimum absolute atomic E-state index is 0.0461. The quantitative estimate of drug-likeness (QED) is 0.902. The molecule has 0 aliphatic carbocycles. The molecule has 1 aliphatic heterocycles. The number of hydrogen-bond acceptors (Lipinski definition) is 5. The summed E-state index contributed by atoms with van der Waals surface area (Å²) in [5.74, 6) is 0.819. The molecule has 2 aromatic rings. The molecule has 0 unspecified atom stereocenters. The lowest BCUT2D eigenvalue weighted by molar-refractivity contribution is -0.130. The van der Waals surface area contributed by atoms with Gasteiger partial charge in [-0.1, -0.05) is 0 Å². The van der Waals surface area contributed by atoms with E-state index in [9.17, 15) is 4.79 Å². The zero-order chi connectivity index (χ0) is 15.4. The Morgan fingerprint density at radius 3 is 3.00 bits per heavy atom. The fraction of sp³-hybridized carbons (Fsp3) is 0.467. The molecule has 7 nitrogen and oxygen atoms in total. The van der Waals surface area contributed by atoms with Crippen LogP contribution in [0.4, 0.5) is 5.82 Å². The van der Waals surface area contributed by atoms with Gasteiger partial charge in [-0.25, -0.2) is 9.97 Å². The summed E-state index contributed by atoms with van der Waals surface area (Å²) in [5, 5.41) is 9.69. The number of anilines is 1. The van der Waals surface area contributed by atoms with Crippen molar-refractivity contribution in [2.75, 3.05) is 31.1 Å². The molecule has 1 aliphatic rings. The second-order valence-electron chi connectivity index (χ2n) is 5.35. The summed E-state index contributed by atoms with van der Waals surface area (Å²) in [6.45, 7) is 2.99. The van der Waals surface area contributed by atoms with E-state index >= 15 is 0 Å². The molecule has 114 valence electrons. The van der Waals surface area contributed by atoms with Gasteiger partial charge in [0.1, 0.15) is 24.2 Å². The molecule has 3 rings (SSSR count). The molecule has 0 bridgehead atoms. The summed E-state index contributed by atoms with van der Waals surface area (Å²) in [7, 11) is 0. The first-order chi connectivity index (χ1) is 10.8. The number of aromatic nitrogens is 3. The van der Waals surface area contributed by atoms with Crippen LogP contribution in [0.3, 0.4) is 0 Å². The highest BCUT2D eigenvalue weighted by atomic mass is 16.2. The Morgan fingerprint density at radius 1 is 1.27 bits per heavy atom. The Kier molecular flexibility index (Phi) is 4.19. The van der Waals surface area contributed by atoms with Gasteiger partial charge in [0.05, 0.1) is 11.5 Å². The summed E-state index contributed by atoms with van der Waals surface area (Å²) in [6, 6.07) is 3.91. The number of hydrogen-bond donors (Lipinski definition) is 1. The minimum Gasteiger partial charge on any atom is -0.354 e. The van der Waals surface area contributed by atoms with Crippen LogP contribution in [0.5, 0.6) is 0 Å². The van der Waals surface area contributed by atoms with Crippen molar-refractivity contribution in [3.05, 3.63) is 18.6 Å². The average molecular weight is 298 g/mol. The summed E-state index contributed by atoms with van der Waals surface area (Å²) in [6.07, 6.45) is 5.30. The van der Waals surface area contributed by atoms with E-state index in [2.05, 4.69) is 19.9 Å². The molecular formula is C15H18N6O. The van der Waals surface area contributed by atoms with Crippen LogP contribution >= 0.6 is 0 Å². The fourth-order valence-electron chi connectivity index (χ4n) is 2.82. The molecule has 1 N–H and O–H groups in total. The van der Waals surface area contributed by atoms with E-state index in [-0.39, 0.29) is 12.3 Å². The summed E-state index contributed by atoms with van der Waals surface area (Å²) < 4.78 is 0. The number of nitrogens with one attached hydrogen (secondary N) is 1. The second kappa shape index (κ2) is 6.43. The third-order valence-corrected chi connectivity index (χ3v) is 3.96. The lowest BCUT2D eigenvalue weighted by atomic mass is 10.2. The molecular weight excluding hydrogens is 280 g/mol. The van der Waals surface area contributed by atoms with Crippen molar-refractivity contribution in [3.8, 4) is 6.07 Å². The van der Waals surface area contributed by atoms with E-state index in [1.807, 2.05) is 18.3 Å². The van der Waals surface area contributed by atoms with Gasteiger partial charge < -0.3 is 14.8 Å². The molecule has 2 aromatic heterocycles. The molecule has 0 saturated carbocycles. The van der Waals surface area contributed by atoms with Gasteiger partial charge >= 0.3 is 0 Å². The lowest BCUT2D eigenvalue weighted by Gasteiger charge is -2.31. The number of nitriles is 1. The van der Waals surface area contributed by atoms with E-state index in [0.29, 0.717) is 13.1 Å². The normalized spacial score (nSPS) is 16.1. The van der Waals surface area contributed by atoms with Gasteiger partial charge in [-0.05, 0) is 18.9 Å². The minimum atomic E-state index is -0.0844. The van der Waals surface area contributed by atoms with Gasteiger partial charge in [-0.2, -0.15) is 5.26 Å². The number of amides is 1. The van der Waals surface area contributed by atoms with E-state index in [0.717, 1.165) is 42.8 Å². The maximum atomic E-state index is 11.9. The van der Waals surface area contributed by atoms with Gasteiger partial charge in [-0.3, -0.25) is 4.79 Å². The first kappa shape index (κ1) is 14.3. The van der Waals surface area contributed by atoms with Crippen LogP contribution in [0.25, 0.3) is 11.0 Å². The number of carbonyl (C=O) groups excluding carboxylic acids is 1. The summed E-state index contributed by atoms with van der Waals surface area (Å²) >= 11 is 0. The van der Waals surface area contributed by atoms with Crippen molar-refractivity contribution in [2.24, 2.45) is 0 Å². The first-order valence-corrected chi connectivity index (χ1v) is 7.47. The number of nitrogens with zero attached hydrogens (tertiary/aromatic N) is 5. The fourth-order valence-corrected chi connectivity index (χ4v) is 2.82. The second-order valence-corrected chi connectivity index (χ2v) is 5.35. The third-order valence-electron chi connectivity index (χ3n) is 3.96. The number of carbonyl (C=O) groups is 1. The number of fused-ring (bicyclic) bond motifs is 1. The van der Waals surface area contributed by atoms with Crippen molar-refractivity contribution >= 4 is 22.8 Å². The van der Waals surface area contributed by atoms with Gasteiger partial charge in [-0.15, -0.1) is 0 Å². The van der Waals surface area contributed by atoms with Crippen molar-refractivity contribution in [1.29, 1.82) is 5.26 Å². The van der Waals surface area contributed by atoms with Crippen molar-refractivity contribution in [2.45, 2.75) is 19.3 Å². The molecule has 0 atom stereocenters. The Balaban J connectivity index is 1.78. The maximum Gasteiger partial charge on any atom is 0.236 e. The van der Waals surface area contributed by atoms with Crippen LogP contribution < -0.4 is 4.90 Å². The maximum absolute atomic E-state index is 11.9. The highest BCUT2D eigenvalue weighted by Gasteiger charge is 2.19. The summed E-state index contributed by atoms with van der Waals surface area (Å²) in [5.41, 5.74) is 0.824. The van der Waals surface area contributed by atoms with Gasteiger partial charge in [0.15, 0.2) is 0 Å². The van der Waals surface area contributed by atoms with Gasteiger partial charge in [0.2, 0.25) is 5.91 Å². The molecule has 1 saturated heterocycles. The predicted octanol–water partition coefficient (Wildman–Crippen LogP) is 1.30. The van der Waals surface area contributed by atoms with Crippen LogP contribution in [-0.4, -0.2) is 51.9 Å². The van der Waals surface area contributed by atoms with Gasteiger partial charge in [0.25, 0.3) is 0 Å². The Hall–Kier alpha value is -2.62. The molecule has 1 amide bonds. The molecule has 22 heavy (non-hydrogen) atoms. The predicted molar refractivity (Wildman–Crippen MR) is 82.1 cm³/mol. The number of H-pyrrole nitrogens is 1. The van der Waals surface area contributed by atoms with Crippen LogP contribution in [0.2, 0.25) is 0 Å². The zero-order valence-electron chi connectivity index (χ0n) is 12.3. The van der Waals surface area contributed by atoms with Crippen LogP contribution in [0, 0.1) is 11.3 Å². The van der Waals surface area contributed by atoms with E-state index in [1.165, 1.54) is 0 Å². The SMILES string of the molecule is N#CCC(=O)N1CCCCN(c2ncnc3[nH]ccc23)CC1. The van der Waals surface area contributed by atoms with E-state index in [1.54, 1.807) is 11.2 Å². The van der Waals surface area contributed by atoms with E-state index in [4.69, 9.17) is 5.26 Å².